The Morgan fingerprint density at radius 2 is 2.00 bits per heavy atom. The molecular weight excluding hydrogens is 302 g/mol. The van der Waals surface area contributed by atoms with Crippen LogP contribution < -0.4 is 15.3 Å². The van der Waals surface area contributed by atoms with E-state index in [1.165, 1.54) is 17.7 Å². The van der Waals surface area contributed by atoms with Gasteiger partial charge in [0, 0.05) is 23.8 Å². The third-order valence-corrected chi connectivity index (χ3v) is 5.51. The second-order valence-electron chi connectivity index (χ2n) is 6.64. The molecule has 1 aromatic carbocycles. The highest BCUT2D eigenvalue weighted by atomic mass is 35.5. The molecule has 2 aliphatic carbocycles. The highest BCUT2D eigenvalue weighted by Crippen LogP contribution is 2.39. The molecule has 3 aliphatic rings. The maximum Gasteiger partial charge on any atom is 0.339 e. The monoisotopic (exact) mass is 318 g/mol. The molecule has 1 fully saturated rings. The van der Waals surface area contributed by atoms with Gasteiger partial charge in [-0.25, -0.2) is 4.79 Å². The Hall–Kier alpha value is -1.52. The van der Waals surface area contributed by atoms with E-state index in [1.807, 2.05) is 6.07 Å². The van der Waals surface area contributed by atoms with Gasteiger partial charge < -0.3 is 9.15 Å². The maximum absolute atomic E-state index is 12.3. The van der Waals surface area contributed by atoms with Crippen molar-refractivity contribution in [1.29, 1.82) is 0 Å². The minimum atomic E-state index is -0.178. The van der Waals surface area contributed by atoms with Gasteiger partial charge in [0.15, 0.2) is 11.3 Å². The lowest BCUT2D eigenvalue weighted by atomic mass is 10.0. The summed E-state index contributed by atoms with van der Waals surface area (Å²) in [6.07, 6.45) is 5.28. The molecule has 2 heterocycles. The van der Waals surface area contributed by atoms with Crippen LogP contribution in [0.15, 0.2) is 15.3 Å². The first-order chi connectivity index (χ1) is 10.7. The minimum absolute atomic E-state index is 0.178. The van der Waals surface area contributed by atoms with Crippen molar-refractivity contribution >= 4 is 22.6 Å². The Kier molecular flexibility index (Phi) is 2.65. The van der Waals surface area contributed by atoms with E-state index in [2.05, 4.69) is 0 Å². The van der Waals surface area contributed by atoms with Crippen LogP contribution >= 0.6 is 11.6 Å². The van der Waals surface area contributed by atoms with Gasteiger partial charge in [0.25, 0.3) is 0 Å². The summed E-state index contributed by atoms with van der Waals surface area (Å²) in [5.41, 5.74) is 3.47. The normalized spacial score (nSPS) is 23.2. The van der Waals surface area contributed by atoms with E-state index in [1.54, 1.807) is 0 Å². The van der Waals surface area contributed by atoms with E-state index in [-0.39, 0.29) is 5.63 Å². The van der Waals surface area contributed by atoms with Gasteiger partial charge in [-0.1, -0.05) is 11.6 Å². The molecule has 5 heteroatoms. The van der Waals surface area contributed by atoms with Crippen LogP contribution in [0.4, 0.5) is 0 Å². The summed E-state index contributed by atoms with van der Waals surface area (Å²) in [7, 11) is 0. The lowest BCUT2D eigenvalue weighted by Gasteiger charge is -2.27. The molecule has 2 aromatic rings. The van der Waals surface area contributed by atoms with Crippen LogP contribution in [0.25, 0.3) is 11.0 Å². The summed E-state index contributed by atoms with van der Waals surface area (Å²) in [5, 5.41) is 1.65. The minimum Gasteiger partial charge on any atom is -0.443 e. The topological polar surface area (TPSA) is 43.9 Å². The van der Waals surface area contributed by atoms with Gasteiger partial charge in [-0.15, -0.1) is 0 Å². The first-order valence-corrected chi connectivity index (χ1v) is 8.37. The molecule has 22 heavy (non-hydrogen) atoms. The zero-order chi connectivity index (χ0) is 14.8. The first-order valence-electron chi connectivity index (χ1n) is 7.99. The van der Waals surface area contributed by atoms with Crippen LogP contribution in [0.3, 0.4) is 0 Å². The van der Waals surface area contributed by atoms with E-state index in [9.17, 15) is 4.79 Å². The summed E-state index contributed by atoms with van der Waals surface area (Å²) in [6.45, 7) is 1.48. The summed E-state index contributed by atoms with van der Waals surface area (Å²) in [5.74, 6) is 0.708. The fraction of sp³-hybridized carbons (Fsp3) is 0.471. The Balaban J connectivity index is 1.78. The van der Waals surface area contributed by atoms with Gasteiger partial charge in [0.2, 0.25) is 6.73 Å². The average Bonchev–Trinajstić information content (AvgIpc) is 3.25. The van der Waals surface area contributed by atoms with E-state index >= 15 is 0 Å². The molecule has 1 atom stereocenters. The average molecular weight is 319 g/mol. The molecule has 1 unspecified atom stereocenters. The summed E-state index contributed by atoms with van der Waals surface area (Å²) in [4.78, 5) is 13.7. The zero-order valence-electron chi connectivity index (χ0n) is 12.2. The molecule has 1 aromatic heterocycles. The highest BCUT2D eigenvalue weighted by molar-refractivity contribution is 6.33. The molecule has 0 bridgehead atoms. The van der Waals surface area contributed by atoms with Gasteiger partial charge in [-0.05, 0) is 30.9 Å². The van der Waals surface area contributed by atoms with Crippen molar-refractivity contribution in [2.24, 2.45) is 0 Å². The van der Waals surface area contributed by atoms with Crippen LogP contribution in [0.1, 0.15) is 36.0 Å². The van der Waals surface area contributed by atoms with Crippen LogP contribution in [0.2, 0.25) is 5.02 Å². The van der Waals surface area contributed by atoms with Crippen LogP contribution in [0.5, 0.6) is 5.75 Å². The maximum atomic E-state index is 12.3. The number of fused-ring (bicyclic) bond motifs is 5. The Bertz CT molecular complexity index is 853. The molecule has 4 nitrogen and oxygen atoms in total. The predicted octanol–water partition coefficient (Wildman–Crippen LogP) is 1.83. The molecule has 114 valence electrons. The highest BCUT2D eigenvalue weighted by Gasteiger charge is 2.38. The fourth-order valence-corrected chi connectivity index (χ4v) is 4.22. The van der Waals surface area contributed by atoms with Crippen LogP contribution in [-0.2, 0) is 19.4 Å². The van der Waals surface area contributed by atoms with Gasteiger partial charge >= 0.3 is 5.63 Å². The number of nitrogens with one attached hydrogen (secondary N) is 1. The molecule has 1 saturated carbocycles. The van der Waals surface area contributed by atoms with E-state index < -0.39 is 0 Å². The Morgan fingerprint density at radius 1 is 1.18 bits per heavy atom. The number of ether oxygens (including phenoxy) is 1. The molecule has 0 radical (unpaired) electrons. The lowest BCUT2D eigenvalue weighted by Crippen LogP contribution is -3.13. The van der Waals surface area contributed by atoms with Crippen molar-refractivity contribution in [3.63, 3.8) is 0 Å². The third kappa shape index (κ3) is 1.77. The molecule has 5 rings (SSSR count). The number of aryl methyl sites for hydroxylation is 1. The second-order valence-corrected chi connectivity index (χ2v) is 7.05. The lowest BCUT2D eigenvalue weighted by molar-refractivity contribution is -0.943. The van der Waals surface area contributed by atoms with Gasteiger partial charge in [0.1, 0.15) is 6.54 Å². The van der Waals surface area contributed by atoms with Crippen molar-refractivity contribution in [1.82, 2.24) is 0 Å². The molecule has 0 saturated heterocycles. The molecular formula is C17H17ClNO3+. The summed E-state index contributed by atoms with van der Waals surface area (Å²) >= 11 is 6.45. The molecule has 1 aliphatic heterocycles. The first kappa shape index (κ1) is 13.0. The van der Waals surface area contributed by atoms with E-state index in [4.69, 9.17) is 20.8 Å². The van der Waals surface area contributed by atoms with Crippen molar-refractivity contribution in [3.8, 4) is 5.75 Å². The van der Waals surface area contributed by atoms with Crippen molar-refractivity contribution in [2.45, 2.75) is 44.7 Å². The van der Waals surface area contributed by atoms with Gasteiger partial charge in [0.05, 0.1) is 16.6 Å². The van der Waals surface area contributed by atoms with E-state index in [0.29, 0.717) is 29.1 Å². The molecule has 1 N–H and O–H groups in total. The van der Waals surface area contributed by atoms with Crippen molar-refractivity contribution < 1.29 is 14.1 Å². The predicted molar refractivity (Wildman–Crippen MR) is 82.7 cm³/mol. The number of hydrogen-bond donors (Lipinski definition) is 1. The Morgan fingerprint density at radius 3 is 2.82 bits per heavy atom. The van der Waals surface area contributed by atoms with Crippen LogP contribution in [0, 0.1) is 0 Å². The quantitative estimate of drug-likeness (QED) is 0.816. The van der Waals surface area contributed by atoms with E-state index in [0.717, 1.165) is 47.9 Å². The zero-order valence-corrected chi connectivity index (χ0v) is 13.0. The van der Waals surface area contributed by atoms with Gasteiger partial charge in [-0.3, -0.25) is 4.90 Å². The van der Waals surface area contributed by atoms with Crippen molar-refractivity contribution in [2.75, 3.05) is 6.73 Å². The van der Waals surface area contributed by atoms with Crippen LogP contribution in [-0.4, -0.2) is 12.8 Å². The standard InChI is InChI=1S/C17H16ClNO3/c18-14-6-12-10-2-1-3-11(10)17(20)22-15(12)13-7-19(9-4-5-9)8-21-16(13)14/h6,9H,1-5,7-8H2/p+1. The largest absolute Gasteiger partial charge is 0.443 e. The third-order valence-electron chi connectivity index (χ3n) is 5.23. The number of quaternary nitrogens is 1. The Labute approximate surface area is 132 Å². The number of hydrogen-bond acceptors (Lipinski definition) is 3. The molecule has 0 spiro atoms. The summed E-state index contributed by atoms with van der Waals surface area (Å²) < 4.78 is 11.6. The fourth-order valence-electron chi connectivity index (χ4n) is 3.94. The number of benzene rings is 1. The SMILES string of the molecule is O=c1oc2c3c(c(Cl)cc2c2c1CCC2)OC[NH+](C1CC1)C3. The smallest absolute Gasteiger partial charge is 0.339 e. The second kappa shape index (κ2) is 4.49. The molecule has 0 amide bonds. The number of rotatable bonds is 1. The van der Waals surface area contributed by atoms with Crippen molar-refractivity contribution in [3.05, 3.63) is 38.2 Å². The number of halogens is 1. The summed E-state index contributed by atoms with van der Waals surface area (Å²) in [6, 6.07) is 2.61. The van der Waals surface area contributed by atoms with Gasteiger partial charge in [-0.2, -0.15) is 0 Å².